The van der Waals surface area contributed by atoms with Crippen molar-refractivity contribution in [2.75, 3.05) is 13.7 Å². The van der Waals surface area contributed by atoms with Gasteiger partial charge in [0.05, 0.1) is 11.6 Å². The fourth-order valence-electron chi connectivity index (χ4n) is 1.68. The van der Waals surface area contributed by atoms with Crippen LogP contribution in [0.25, 0.3) is 0 Å². The molecule has 21 heavy (non-hydrogen) atoms. The van der Waals surface area contributed by atoms with Gasteiger partial charge in [-0.05, 0) is 46.3 Å². The molecule has 3 nitrogen and oxygen atoms in total. The van der Waals surface area contributed by atoms with Gasteiger partial charge in [-0.3, -0.25) is 4.79 Å². The van der Waals surface area contributed by atoms with E-state index in [-0.39, 0.29) is 12.4 Å². The number of halogens is 3. The molecular formula is C15H11Br2FO3. The minimum absolute atomic E-state index is 0.172. The number of carbonyl (C=O) groups excluding carboxylic acids is 1. The number of ether oxygens (including phenoxy) is 2. The lowest BCUT2D eigenvalue weighted by atomic mass is 10.1. The first kappa shape index (κ1) is 16.0. The number of hydrogen-bond acceptors (Lipinski definition) is 3. The van der Waals surface area contributed by atoms with Gasteiger partial charge in [-0.25, -0.2) is 4.39 Å². The summed E-state index contributed by atoms with van der Waals surface area (Å²) in [6, 6.07) is 9.14. The second kappa shape index (κ2) is 7.04. The molecule has 0 saturated heterocycles. The molecule has 110 valence electrons. The van der Waals surface area contributed by atoms with E-state index in [0.29, 0.717) is 26.0 Å². The summed E-state index contributed by atoms with van der Waals surface area (Å²) >= 11 is 6.48. The molecule has 0 aromatic heterocycles. The van der Waals surface area contributed by atoms with Crippen LogP contribution >= 0.6 is 31.9 Å². The molecule has 2 aromatic rings. The van der Waals surface area contributed by atoms with Crippen molar-refractivity contribution in [2.45, 2.75) is 0 Å². The van der Waals surface area contributed by atoms with Crippen LogP contribution in [0.15, 0.2) is 45.3 Å². The van der Waals surface area contributed by atoms with E-state index in [2.05, 4.69) is 31.9 Å². The highest BCUT2D eigenvalue weighted by molar-refractivity contribution is 9.10. The highest BCUT2D eigenvalue weighted by Crippen LogP contribution is 2.26. The van der Waals surface area contributed by atoms with E-state index >= 15 is 0 Å². The third kappa shape index (κ3) is 4.28. The molecule has 0 radical (unpaired) electrons. The highest BCUT2D eigenvalue weighted by atomic mass is 79.9. The summed E-state index contributed by atoms with van der Waals surface area (Å²) in [5.74, 6) is 0.294. The standard InChI is InChI=1S/C15H11Br2FO3/c1-20-15-3-2-9(4-13(15)17)14(19)8-21-12-6-10(16)5-11(18)7-12/h2-7H,8H2,1H3. The lowest BCUT2D eigenvalue weighted by Crippen LogP contribution is -2.11. The summed E-state index contributed by atoms with van der Waals surface area (Å²) in [6.45, 7) is -0.172. The monoisotopic (exact) mass is 416 g/mol. The van der Waals surface area contributed by atoms with Crippen LogP contribution in [-0.2, 0) is 0 Å². The van der Waals surface area contributed by atoms with Crippen molar-refractivity contribution in [2.24, 2.45) is 0 Å². The summed E-state index contributed by atoms with van der Waals surface area (Å²) < 4.78 is 24.8. The van der Waals surface area contributed by atoms with Crippen LogP contribution in [0.1, 0.15) is 10.4 Å². The molecule has 2 aromatic carbocycles. The van der Waals surface area contributed by atoms with E-state index in [9.17, 15) is 9.18 Å². The summed E-state index contributed by atoms with van der Waals surface area (Å²) in [4.78, 5) is 12.0. The maximum Gasteiger partial charge on any atom is 0.200 e. The number of methoxy groups -OCH3 is 1. The van der Waals surface area contributed by atoms with Crippen LogP contribution in [0.2, 0.25) is 0 Å². The SMILES string of the molecule is COc1ccc(C(=O)COc2cc(F)cc(Br)c2)cc1Br. The number of rotatable bonds is 5. The van der Waals surface area contributed by atoms with E-state index in [1.807, 2.05) is 0 Å². The van der Waals surface area contributed by atoms with Crippen molar-refractivity contribution in [1.29, 1.82) is 0 Å². The minimum atomic E-state index is -0.431. The van der Waals surface area contributed by atoms with Gasteiger partial charge in [-0.15, -0.1) is 0 Å². The Balaban J connectivity index is 2.06. The smallest absolute Gasteiger partial charge is 0.200 e. The first-order valence-electron chi connectivity index (χ1n) is 5.95. The first-order chi connectivity index (χ1) is 9.99. The van der Waals surface area contributed by atoms with Crippen molar-refractivity contribution in [3.63, 3.8) is 0 Å². The first-order valence-corrected chi connectivity index (χ1v) is 7.54. The molecule has 0 N–H and O–H groups in total. The molecule has 0 aliphatic rings. The van der Waals surface area contributed by atoms with Gasteiger partial charge in [0, 0.05) is 16.1 Å². The second-order valence-corrected chi connectivity index (χ2v) is 5.94. The van der Waals surface area contributed by atoms with Crippen LogP contribution in [0.3, 0.4) is 0 Å². The minimum Gasteiger partial charge on any atom is -0.496 e. The molecule has 0 amide bonds. The van der Waals surface area contributed by atoms with E-state index in [1.54, 1.807) is 31.4 Å². The van der Waals surface area contributed by atoms with Crippen LogP contribution < -0.4 is 9.47 Å². The van der Waals surface area contributed by atoms with Gasteiger partial charge in [-0.1, -0.05) is 15.9 Å². The molecule has 0 aliphatic heterocycles. The lowest BCUT2D eigenvalue weighted by Gasteiger charge is -2.08. The molecule has 0 spiro atoms. The molecule has 0 aliphatic carbocycles. The molecule has 0 atom stereocenters. The third-order valence-electron chi connectivity index (χ3n) is 2.68. The van der Waals surface area contributed by atoms with E-state index in [4.69, 9.17) is 9.47 Å². The average molecular weight is 418 g/mol. The number of hydrogen-bond donors (Lipinski definition) is 0. The number of ketones is 1. The van der Waals surface area contributed by atoms with Crippen molar-refractivity contribution in [3.8, 4) is 11.5 Å². The lowest BCUT2D eigenvalue weighted by molar-refractivity contribution is 0.0921. The Morgan fingerprint density at radius 3 is 2.57 bits per heavy atom. The van der Waals surface area contributed by atoms with Gasteiger partial charge in [0.1, 0.15) is 17.3 Å². The number of benzene rings is 2. The van der Waals surface area contributed by atoms with Gasteiger partial charge in [0.15, 0.2) is 12.4 Å². The Morgan fingerprint density at radius 2 is 1.95 bits per heavy atom. The largest absolute Gasteiger partial charge is 0.496 e. The fraction of sp³-hybridized carbons (Fsp3) is 0.133. The Hall–Kier alpha value is -1.40. The zero-order chi connectivity index (χ0) is 15.4. The molecule has 0 fully saturated rings. The molecule has 0 bridgehead atoms. The normalized spacial score (nSPS) is 10.3. The number of Topliss-reactive ketones (excluding diaryl/α,β-unsaturated/α-hetero) is 1. The molecule has 6 heteroatoms. The summed E-state index contributed by atoms with van der Waals surface area (Å²) in [6.07, 6.45) is 0. The Labute approximate surface area is 138 Å². The van der Waals surface area contributed by atoms with E-state index in [1.165, 1.54) is 12.1 Å². The summed E-state index contributed by atoms with van der Waals surface area (Å²) in [7, 11) is 1.55. The Bertz CT molecular complexity index is 654. The zero-order valence-corrected chi connectivity index (χ0v) is 14.2. The average Bonchev–Trinajstić information content (AvgIpc) is 2.43. The predicted octanol–water partition coefficient (Wildman–Crippen LogP) is 4.62. The summed E-state index contributed by atoms with van der Waals surface area (Å²) in [5, 5.41) is 0. The zero-order valence-electron chi connectivity index (χ0n) is 11.0. The van der Waals surface area contributed by atoms with Crippen molar-refractivity contribution >= 4 is 37.6 Å². The summed E-state index contributed by atoms with van der Waals surface area (Å²) in [5.41, 5.74) is 0.484. The van der Waals surface area contributed by atoms with E-state index in [0.717, 1.165) is 0 Å². The molecule has 0 unspecified atom stereocenters. The molecule has 2 rings (SSSR count). The molecular weight excluding hydrogens is 407 g/mol. The quantitative estimate of drug-likeness (QED) is 0.666. The van der Waals surface area contributed by atoms with Crippen LogP contribution in [0.4, 0.5) is 4.39 Å². The van der Waals surface area contributed by atoms with Gasteiger partial charge >= 0.3 is 0 Å². The Morgan fingerprint density at radius 1 is 1.19 bits per heavy atom. The van der Waals surface area contributed by atoms with Crippen LogP contribution in [0, 0.1) is 5.82 Å². The van der Waals surface area contributed by atoms with Crippen LogP contribution in [0.5, 0.6) is 11.5 Å². The van der Waals surface area contributed by atoms with Crippen molar-refractivity contribution in [1.82, 2.24) is 0 Å². The van der Waals surface area contributed by atoms with Gasteiger partial charge in [-0.2, -0.15) is 0 Å². The van der Waals surface area contributed by atoms with Crippen molar-refractivity contribution in [3.05, 3.63) is 56.7 Å². The van der Waals surface area contributed by atoms with E-state index < -0.39 is 5.82 Å². The molecule has 0 saturated carbocycles. The maximum absolute atomic E-state index is 13.2. The van der Waals surface area contributed by atoms with Crippen LogP contribution in [-0.4, -0.2) is 19.5 Å². The van der Waals surface area contributed by atoms with Crippen molar-refractivity contribution < 1.29 is 18.7 Å². The van der Waals surface area contributed by atoms with Gasteiger partial charge in [0.2, 0.25) is 0 Å². The maximum atomic E-state index is 13.2. The van der Waals surface area contributed by atoms with Gasteiger partial charge < -0.3 is 9.47 Å². The number of carbonyl (C=O) groups is 1. The fourth-order valence-corrected chi connectivity index (χ4v) is 2.67. The molecule has 0 heterocycles. The van der Waals surface area contributed by atoms with Gasteiger partial charge in [0.25, 0.3) is 0 Å². The topological polar surface area (TPSA) is 35.5 Å². The predicted molar refractivity (Wildman–Crippen MR) is 84.6 cm³/mol. The Kier molecular flexibility index (Phi) is 5.36. The third-order valence-corrected chi connectivity index (χ3v) is 3.76. The second-order valence-electron chi connectivity index (χ2n) is 4.17. The highest BCUT2D eigenvalue weighted by Gasteiger charge is 2.10.